The van der Waals surface area contributed by atoms with Crippen LogP contribution >= 0.6 is 39.1 Å². The minimum Gasteiger partial charge on any atom is -0.388 e. The number of aliphatic hydroxyl groups excluding tert-OH is 1. The van der Waals surface area contributed by atoms with Crippen LogP contribution in [0.5, 0.6) is 0 Å². The van der Waals surface area contributed by atoms with Crippen LogP contribution in [0.25, 0.3) is 0 Å². The maximum atomic E-state index is 13.9. The highest BCUT2D eigenvalue weighted by Crippen LogP contribution is 2.30. The van der Waals surface area contributed by atoms with E-state index in [-0.39, 0.29) is 16.5 Å². The molecule has 1 nitrogen and oxygen atoms in total. The Morgan fingerprint density at radius 2 is 1.80 bits per heavy atom. The Balaban J connectivity index is 2.30. The molecule has 2 rings (SSSR count). The van der Waals surface area contributed by atoms with E-state index in [1.54, 1.807) is 18.2 Å². The molecule has 1 unspecified atom stereocenters. The van der Waals surface area contributed by atoms with Crippen LogP contribution in [0.3, 0.4) is 0 Å². The quantitative estimate of drug-likeness (QED) is 0.714. The fraction of sp³-hybridized carbons (Fsp3) is 0.143. The number of aliphatic hydroxyl groups is 1. The average Bonchev–Trinajstić information content (AvgIpc) is 2.39. The largest absolute Gasteiger partial charge is 0.388 e. The van der Waals surface area contributed by atoms with E-state index < -0.39 is 17.7 Å². The third kappa shape index (κ3) is 3.31. The van der Waals surface area contributed by atoms with Crippen molar-refractivity contribution in [2.45, 2.75) is 12.5 Å². The molecule has 0 bridgehead atoms. The summed E-state index contributed by atoms with van der Waals surface area (Å²) in [7, 11) is 0. The van der Waals surface area contributed by atoms with E-state index in [1.807, 2.05) is 0 Å². The lowest BCUT2D eigenvalue weighted by Crippen LogP contribution is -2.08. The highest BCUT2D eigenvalue weighted by Gasteiger charge is 2.20. The van der Waals surface area contributed by atoms with Gasteiger partial charge in [-0.2, -0.15) is 0 Å². The number of hydrogen-bond acceptors (Lipinski definition) is 1. The van der Waals surface area contributed by atoms with Crippen molar-refractivity contribution in [1.29, 1.82) is 0 Å². The fourth-order valence-electron chi connectivity index (χ4n) is 1.84. The third-order valence-corrected chi connectivity index (χ3v) is 4.18. The summed E-state index contributed by atoms with van der Waals surface area (Å²) in [6.07, 6.45) is -1.29. The SMILES string of the molecule is OC(Cc1ccc(Cl)c(Cl)c1)c1c(F)ccc(Br)c1F. The third-order valence-electron chi connectivity index (χ3n) is 2.83. The zero-order valence-electron chi connectivity index (χ0n) is 10.0. The maximum absolute atomic E-state index is 13.9. The molecule has 0 aromatic heterocycles. The van der Waals surface area contributed by atoms with E-state index in [2.05, 4.69) is 15.9 Å². The van der Waals surface area contributed by atoms with E-state index >= 15 is 0 Å². The van der Waals surface area contributed by atoms with Crippen LogP contribution in [0.15, 0.2) is 34.8 Å². The van der Waals surface area contributed by atoms with Gasteiger partial charge in [0.2, 0.25) is 0 Å². The van der Waals surface area contributed by atoms with E-state index in [9.17, 15) is 13.9 Å². The Labute approximate surface area is 133 Å². The lowest BCUT2D eigenvalue weighted by Gasteiger charge is -2.14. The van der Waals surface area contributed by atoms with Crippen LogP contribution < -0.4 is 0 Å². The van der Waals surface area contributed by atoms with Gasteiger partial charge in [0.25, 0.3) is 0 Å². The predicted octanol–water partition coefficient (Wildman–Crippen LogP) is 5.31. The van der Waals surface area contributed by atoms with Crippen molar-refractivity contribution in [3.05, 3.63) is 67.6 Å². The van der Waals surface area contributed by atoms with Crippen molar-refractivity contribution in [1.82, 2.24) is 0 Å². The lowest BCUT2D eigenvalue weighted by molar-refractivity contribution is 0.168. The normalized spacial score (nSPS) is 12.5. The molecule has 20 heavy (non-hydrogen) atoms. The van der Waals surface area contributed by atoms with Gasteiger partial charge in [-0.15, -0.1) is 0 Å². The average molecular weight is 382 g/mol. The molecule has 2 aromatic carbocycles. The summed E-state index contributed by atoms with van der Waals surface area (Å²) in [5, 5.41) is 10.7. The molecule has 0 aliphatic rings. The number of halogens is 5. The molecule has 0 radical (unpaired) electrons. The van der Waals surface area contributed by atoms with Crippen molar-refractivity contribution >= 4 is 39.1 Å². The fourth-order valence-corrected chi connectivity index (χ4v) is 2.51. The first-order valence-electron chi connectivity index (χ1n) is 5.65. The molecule has 0 fully saturated rings. The smallest absolute Gasteiger partial charge is 0.146 e. The molecule has 0 spiro atoms. The van der Waals surface area contributed by atoms with E-state index in [4.69, 9.17) is 23.2 Å². The second-order valence-corrected chi connectivity index (χ2v) is 5.89. The van der Waals surface area contributed by atoms with Crippen LogP contribution in [0.1, 0.15) is 17.2 Å². The Morgan fingerprint density at radius 3 is 2.45 bits per heavy atom. The summed E-state index contributed by atoms with van der Waals surface area (Å²) in [6.45, 7) is 0. The van der Waals surface area contributed by atoms with E-state index in [0.717, 1.165) is 6.07 Å². The molecule has 6 heteroatoms. The van der Waals surface area contributed by atoms with Crippen LogP contribution in [-0.2, 0) is 6.42 Å². The molecule has 106 valence electrons. The van der Waals surface area contributed by atoms with Gasteiger partial charge in [-0.1, -0.05) is 29.3 Å². The molecule has 1 atom stereocenters. The molecule has 0 aliphatic carbocycles. The monoisotopic (exact) mass is 380 g/mol. The Bertz CT molecular complexity index is 649. The zero-order chi connectivity index (χ0) is 14.9. The summed E-state index contributed by atoms with van der Waals surface area (Å²) in [6, 6.07) is 7.12. The number of hydrogen-bond donors (Lipinski definition) is 1. The Kier molecular flexibility index (Phi) is 5.02. The Morgan fingerprint density at radius 1 is 1.10 bits per heavy atom. The van der Waals surface area contributed by atoms with Gasteiger partial charge in [-0.05, 0) is 45.8 Å². The molecule has 0 saturated carbocycles. The van der Waals surface area contributed by atoms with Crippen LogP contribution in [0.4, 0.5) is 8.78 Å². The molecule has 0 aliphatic heterocycles. The summed E-state index contributed by atoms with van der Waals surface area (Å²) in [5.74, 6) is -1.60. The summed E-state index contributed by atoms with van der Waals surface area (Å²) >= 11 is 14.6. The minimum absolute atomic E-state index is 0.0290. The Hall–Kier alpha value is -0.680. The predicted molar refractivity (Wildman–Crippen MR) is 79.2 cm³/mol. The first kappa shape index (κ1) is 15.7. The first-order chi connectivity index (χ1) is 9.40. The molecule has 0 saturated heterocycles. The van der Waals surface area contributed by atoms with Crippen molar-refractivity contribution in [3.8, 4) is 0 Å². The van der Waals surface area contributed by atoms with Crippen molar-refractivity contribution in [2.75, 3.05) is 0 Å². The number of benzene rings is 2. The van der Waals surface area contributed by atoms with Gasteiger partial charge in [-0.25, -0.2) is 8.78 Å². The van der Waals surface area contributed by atoms with Gasteiger partial charge < -0.3 is 5.11 Å². The highest BCUT2D eigenvalue weighted by atomic mass is 79.9. The number of rotatable bonds is 3. The van der Waals surface area contributed by atoms with E-state index in [1.165, 1.54) is 6.07 Å². The second kappa shape index (κ2) is 6.39. The molecular weight excluding hydrogens is 373 g/mol. The molecule has 0 amide bonds. The van der Waals surface area contributed by atoms with Crippen LogP contribution in [0, 0.1) is 11.6 Å². The summed E-state index contributed by atoms with van der Waals surface area (Å²) < 4.78 is 27.6. The van der Waals surface area contributed by atoms with Crippen LogP contribution in [0.2, 0.25) is 10.0 Å². The minimum atomic E-state index is -1.32. The molecule has 1 N–H and O–H groups in total. The van der Waals surface area contributed by atoms with Crippen LogP contribution in [-0.4, -0.2) is 5.11 Å². The lowest BCUT2D eigenvalue weighted by atomic mass is 10.0. The van der Waals surface area contributed by atoms with E-state index in [0.29, 0.717) is 15.6 Å². The van der Waals surface area contributed by atoms with Gasteiger partial charge in [0, 0.05) is 6.42 Å². The van der Waals surface area contributed by atoms with Crippen molar-refractivity contribution in [3.63, 3.8) is 0 Å². The standard InChI is InChI=1S/C14H9BrCl2F2O/c15-8-2-4-11(18)13(14(8)19)12(20)6-7-1-3-9(16)10(17)5-7/h1-5,12,20H,6H2. The van der Waals surface area contributed by atoms with Gasteiger partial charge in [0.05, 0.1) is 26.2 Å². The summed E-state index contributed by atoms with van der Waals surface area (Å²) in [4.78, 5) is 0. The second-order valence-electron chi connectivity index (χ2n) is 4.23. The first-order valence-corrected chi connectivity index (χ1v) is 7.20. The summed E-state index contributed by atoms with van der Waals surface area (Å²) in [5.41, 5.74) is 0.260. The topological polar surface area (TPSA) is 20.2 Å². The molecule has 2 aromatic rings. The highest BCUT2D eigenvalue weighted by molar-refractivity contribution is 9.10. The van der Waals surface area contributed by atoms with Crippen molar-refractivity contribution < 1.29 is 13.9 Å². The van der Waals surface area contributed by atoms with Gasteiger partial charge in [-0.3, -0.25) is 0 Å². The van der Waals surface area contributed by atoms with Crippen molar-refractivity contribution in [2.24, 2.45) is 0 Å². The maximum Gasteiger partial charge on any atom is 0.146 e. The molecule has 0 heterocycles. The van der Waals surface area contributed by atoms with Gasteiger partial charge in [0.15, 0.2) is 0 Å². The zero-order valence-corrected chi connectivity index (χ0v) is 13.1. The van der Waals surface area contributed by atoms with Gasteiger partial charge in [0.1, 0.15) is 11.6 Å². The van der Waals surface area contributed by atoms with Gasteiger partial charge >= 0.3 is 0 Å². The molecular formula is C14H9BrCl2F2O.